The summed E-state index contributed by atoms with van der Waals surface area (Å²) in [5.74, 6) is -0.296. The molecule has 1 aliphatic rings. The Hall–Kier alpha value is -1.39. The van der Waals surface area contributed by atoms with Crippen molar-refractivity contribution in [3.05, 3.63) is 34.9 Å². The number of hydrogen-bond acceptors (Lipinski definition) is 4. The highest BCUT2D eigenvalue weighted by atomic mass is 35.5. The monoisotopic (exact) mass is 267 g/mol. The third-order valence-corrected chi connectivity index (χ3v) is 3.22. The van der Waals surface area contributed by atoms with Crippen molar-refractivity contribution in [2.75, 3.05) is 13.7 Å². The Balaban J connectivity index is 2.12. The molecule has 18 heavy (non-hydrogen) atoms. The van der Waals surface area contributed by atoms with Crippen molar-refractivity contribution in [2.45, 2.75) is 19.0 Å². The molecular weight excluding hydrogens is 254 g/mol. The van der Waals surface area contributed by atoms with Crippen molar-refractivity contribution in [3.8, 4) is 0 Å². The Morgan fingerprint density at radius 2 is 2.33 bits per heavy atom. The number of nitrogens with zero attached hydrogens (tertiary/aromatic N) is 1. The number of halogens is 1. The molecule has 96 valence electrons. The molecule has 5 heteroatoms. The molecule has 2 rings (SSSR count). The number of carbonyl (C=O) groups is 2. The molecule has 4 nitrogen and oxygen atoms in total. The molecule has 0 N–H and O–H groups in total. The van der Waals surface area contributed by atoms with Crippen LogP contribution in [-0.4, -0.2) is 36.3 Å². The van der Waals surface area contributed by atoms with Crippen molar-refractivity contribution >= 4 is 23.4 Å². The minimum Gasteiger partial charge on any atom is -0.468 e. The molecule has 1 aromatic rings. The van der Waals surface area contributed by atoms with Crippen molar-refractivity contribution in [3.63, 3.8) is 0 Å². The van der Waals surface area contributed by atoms with Crippen LogP contribution in [0.4, 0.5) is 0 Å². The number of esters is 1. The van der Waals surface area contributed by atoms with Gasteiger partial charge in [-0.05, 0) is 17.7 Å². The highest BCUT2D eigenvalue weighted by molar-refractivity contribution is 6.30. The smallest absolute Gasteiger partial charge is 0.323 e. The maximum Gasteiger partial charge on any atom is 0.323 e. The Kier molecular flexibility index (Phi) is 3.99. The lowest BCUT2D eigenvalue weighted by molar-refractivity contribution is -0.146. The third kappa shape index (κ3) is 2.89. The fourth-order valence-electron chi connectivity index (χ4n) is 2.15. The highest BCUT2D eigenvalue weighted by Crippen LogP contribution is 2.20. The van der Waals surface area contributed by atoms with E-state index in [0.29, 0.717) is 11.6 Å². The summed E-state index contributed by atoms with van der Waals surface area (Å²) in [5, 5.41) is 0.646. The first-order chi connectivity index (χ1) is 8.60. The summed E-state index contributed by atoms with van der Waals surface area (Å²) < 4.78 is 4.72. The lowest BCUT2D eigenvalue weighted by atomic mass is 10.2. The summed E-state index contributed by atoms with van der Waals surface area (Å²) in [6.45, 7) is 0.804. The second-order valence-corrected chi connectivity index (χ2v) is 4.75. The van der Waals surface area contributed by atoms with E-state index in [0.717, 1.165) is 5.56 Å². The van der Waals surface area contributed by atoms with Crippen LogP contribution >= 0.6 is 11.6 Å². The van der Waals surface area contributed by atoms with Gasteiger partial charge in [0, 0.05) is 18.0 Å². The molecule has 1 fully saturated rings. The fourth-order valence-corrected chi connectivity index (χ4v) is 2.36. The molecule has 0 spiro atoms. The second kappa shape index (κ2) is 5.50. The van der Waals surface area contributed by atoms with Gasteiger partial charge in [0.15, 0.2) is 0 Å². The maximum absolute atomic E-state index is 11.6. The Labute approximate surface area is 110 Å². The summed E-state index contributed by atoms with van der Waals surface area (Å²) in [5.41, 5.74) is 0.978. The van der Waals surface area contributed by atoms with Gasteiger partial charge in [0.2, 0.25) is 0 Å². The molecule has 0 unspecified atom stereocenters. The number of methoxy groups -OCH3 is 1. The molecule has 0 radical (unpaired) electrons. The van der Waals surface area contributed by atoms with Crippen LogP contribution in [-0.2, 0) is 20.9 Å². The minimum absolute atomic E-state index is 0.0624. The van der Waals surface area contributed by atoms with Gasteiger partial charge in [-0.1, -0.05) is 23.7 Å². The van der Waals surface area contributed by atoms with Crippen molar-refractivity contribution in [1.82, 2.24) is 4.90 Å². The zero-order chi connectivity index (χ0) is 13.1. The van der Waals surface area contributed by atoms with E-state index in [1.54, 1.807) is 6.07 Å². The number of benzene rings is 1. The molecule has 0 bridgehead atoms. The van der Waals surface area contributed by atoms with Crippen LogP contribution in [0, 0.1) is 0 Å². The van der Waals surface area contributed by atoms with E-state index in [-0.39, 0.29) is 24.7 Å². The van der Waals surface area contributed by atoms with Crippen LogP contribution in [0.3, 0.4) is 0 Å². The van der Waals surface area contributed by atoms with Gasteiger partial charge in [0.05, 0.1) is 13.7 Å². The van der Waals surface area contributed by atoms with E-state index >= 15 is 0 Å². The second-order valence-electron chi connectivity index (χ2n) is 4.32. The lowest BCUT2D eigenvalue weighted by Gasteiger charge is -2.21. The van der Waals surface area contributed by atoms with E-state index in [2.05, 4.69) is 0 Å². The topological polar surface area (TPSA) is 46.6 Å². The summed E-state index contributed by atoms with van der Waals surface area (Å²) in [4.78, 5) is 24.9. The van der Waals surface area contributed by atoms with Crippen LogP contribution < -0.4 is 0 Å². The first-order valence-corrected chi connectivity index (χ1v) is 6.06. The molecule has 0 saturated carbocycles. The van der Waals surface area contributed by atoms with E-state index < -0.39 is 6.04 Å². The average Bonchev–Trinajstić information content (AvgIpc) is 2.69. The first kappa shape index (κ1) is 13.1. The average molecular weight is 268 g/mol. The van der Waals surface area contributed by atoms with Gasteiger partial charge in [-0.15, -0.1) is 0 Å². The van der Waals surface area contributed by atoms with Crippen LogP contribution in [0.25, 0.3) is 0 Å². The fraction of sp³-hybridized carbons (Fsp3) is 0.385. The summed E-state index contributed by atoms with van der Waals surface area (Å²) in [6, 6.07) is 6.92. The van der Waals surface area contributed by atoms with Crippen LogP contribution in [0.5, 0.6) is 0 Å². The van der Waals surface area contributed by atoms with Crippen molar-refractivity contribution < 1.29 is 14.3 Å². The molecular formula is C13H14ClNO3. The zero-order valence-corrected chi connectivity index (χ0v) is 10.8. The lowest BCUT2D eigenvalue weighted by Crippen LogP contribution is -2.36. The van der Waals surface area contributed by atoms with E-state index in [4.69, 9.17) is 16.3 Å². The Morgan fingerprint density at radius 3 is 3.00 bits per heavy atom. The van der Waals surface area contributed by atoms with Gasteiger partial charge in [-0.3, -0.25) is 14.5 Å². The Morgan fingerprint density at radius 1 is 1.56 bits per heavy atom. The molecule has 0 amide bonds. The van der Waals surface area contributed by atoms with Crippen LogP contribution in [0.2, 0.25) is 5.02 Å². The number of carbonyl (C=O) groups excluding carboxylic acids is 2. The molecule has 1 atom stereocenters. The number of rotatable bonds is 3. The first-order valence-electron chi connectivity index (χ1n) is 5.68. The van der Waals surface area contributed by atoms with Gasteiger partial charge >= 0.3 is 5.97 Å². The largest absolute Gasteiger partial charge is 0.468 e. The molecule has 1 aromatic carbocycles. The van der Waals surface area contributed by atoms with Gasteiger partial charge < -0.3 is 4.74 Å². The highest BCUT2D eigenvalue weighted by Gasteiger charge is 2.36. The van der Waals surface area contributed by atoms with E-state index in [1.807, 2.05) is 23.1 Å². The number of hydrogen-bond donors (Lipinski definition) is 0. The van der Waals surface area contributed by atoms with Gasteiger partial charge in [-0.2, -0.15) is 0 Å². The number of ketones is 1. The quantitative estimate of drug-likeness (QED) is 0.782. The van der Waals surface area contributed by atoms with Crippen LogP contribution in [0.15, 0.2) is 24.3 Å². The predicted molar refractivity (Wildman–Crippen MR) is 67.3 cm³/mol. The third-order valence-electron chi connectivity index (χ3n) is 2.99. The molecule has 1 saturated heterocycles. The van der Waals surface area contributed by atoms with Gasteiger partial charge in [-0.25, -0.2) is 0 Å². The van der Waals surface area contributed by atoms with Crippen molar-refractivity contribution in [2.24, 2.45) is 0 Å². The predicted octanol–water partition coefficient (Wildman–Crippen LogP) is 1.66. The molecule has 0 aliphatic carbocycles. The zero-order valence-electron chi connectivity index (χ0n) is 10.1. The molecule has 0 aromatic heterocycles. The summed E-state index contributed by atoms with van der Waals surface area (Å²) >= 11 is 5.91. The summed E-state index contributed by atoms with van der Waals surface area (Å²) in [6.07, 6.45) is 0.229. The minimum atomic E-state index is -0.471. The number of likely N-dealkylation sites (tertiary alicyclic amines) is 1. The molecule has 1 aliphatic heterocycles. The van der Waals surface area contributed by atoms with Gasteiger partial charge in [0.1, 0.15) is 11.8 Å². The Bertz CT molecular complexity index is 475. The standard InChI is InChI=1S/C13H14ClNO3/c1-18-13(17)12-6-11(16)8-15(12)7-9-3-2-4-10(14)5-9/h2-5,12H,6-8H2,1H3/t12-/m0/s1. The van der Waals surface area contributed by atoms with E-state index in [1.165, 1.54) is 7.11 Å². The SMILES string of the molecule is COC(=O)[C@@H]1CC(=O)CN1Cc1cccc(Cl)c1. The number of ether oxygens (including phenoxy) is 1. The van der Waals surface area contributed by atoms with Gasteiger partial charge in [0.25, 0.3) is 0 Å². The maximum atomic E-state index is 11.6. The summed E-state index contributed by atoms with van der Waals surface area (Å²) in [7, 11) is 1.34. The normalized spacial score (nSPS) is 20.1. The number of Topliss-reactive ketones (excluding diaryl/α,β-unsaturated/α-hetero) is 1. The van der Waals surface area contributed by atoms with E-state index in [9.17, 15) is 9.59 Å². The van der Waals surface area contributed by atoms with Crippen LogP contribution in [0.1, 0.15) is 12.0 Å². The van der Waals surface area contributed by atoms with Crippen molar-refractivity contribution in [1.29, 1.82) is 0 Å². The molecule has 1 heterocycles.